The number of Topliss-reactive ketones (excluding diaryl/α,β-unsaturated/α-hetero) is 1. The van der Waals surface area contributed by atoms with Crippen molar-refractivity contribution in [2.45, 2.75) is 13.1 Å². The third-order valence-corrected chi connectivity index (χ3v) is 4.42. The number of ketones is 1. The number of hydrogen-bond acceptors (Lipinski definition) is 5. The van der Waals surface area contributed by atoms with Crippen LogP contribution >= 0.6 is 0 Å². The molecule has 0 radical (unpaired) electrons. The molecule has 4 rings (SSSR count). The molecular weight excluding hydrogens is 356 g/mol. The van der Waals surface area contributed by atoms with E-state index in [9.17, 15) is 14.4 Å². The maximum Gasteiger partial charge on any atom is 0.352 e. The van der Waals surface area contributed by atoms with Gasteiger partial charge < -0.3 is 4.57 Å². The molecule has 0 saturated heterocycles. The van der Waals surface area contributed by atoms with Gasteiger partial charge in [0.15, 0.2) is 11.6 Å². The van der Waals surface area contributed by atoms with Crippen LogP contribution in [0.3, 0.4) is 0 Å². The molecule has 7 nitrogen and oxygen atoms in total. The molecule has 0 saturated carbocycles. The predicted molar refractivity (Wildman–Crippen MR) is 103 cm³/mol. The van der Waals surface area contributed by atoms with Gasteiger partial charge in [-0.1, -0.05) is 36.4 Å². The lowest BCUT2D eigenvalue weighted by Gasteiger charge is -2.14. The van der Waals surface area contributed by atoms with Crippen LogP contribution in [-0.4, -0.2) is 24.9 Å². The molecule has 0 spiro atoms. The quantitative estimate of drug-likeness (QED) is 0.499. The van der Waals surface area contributed by atoms with Crippen molar-refractivity contribution in [3.8, 4) is 11.4 Å². The number of carbonyl (C=O) groups is 1. The second kappa shape index (κ2) is 7.40. The highest BCUT2D eigenvalue weighted by atomic mass is 16.2. The number of fused-ring (bicyclic) bond motifs is 1. The van der Waals surface area contributed by atoms with Crippen molar-refractivity contribution in [1.29, 1.82) is 0 Å². The summed E-state index contributed by atoms with van der Waals surface area (Å²) in [5.74, 6) is 0.0658. The minimum Gasteiger partial charge on any atom is -0.324 e. The number of benzene rings is 1. The van der Waals surface area contributed by atoms with Gasteiger partial charge >= 0.3 is 5.69 Å². The summed E-state index contributed by atoms with van der Waals surface area (Å²) in [5, 5.41) is 0. The first-order chi connectivity index (χ1) is 13.6. The Kier molecular flexibility index (Phi) is 4.63. The smallest absolute Gasteiger partial charge is 0.324 e. The first-order valence-corrected chi connectivity index (χ1v) is 8.70. The van der Waals surface area contributed by atoms with Crippen LogP contribution in [0, 0.1) is 0 Å². The van der Waals surface area contributed by atoms with Crippen LogP contribution in [-0.2, 0) is 13.1 Å². The third kappa shape index (κ3) is 3.37. The van der Waals surface area contributed by atoms with E-state index in [1.54, 1.807) is 67.1 Å². The predicted octanol–water partition coefficient (Wildman–Crippen LogP) is 1.84. The number of nitrogens with zero attached hydrogens (tertiary/aromatic N) is 4. The normalized spacial score (nSPS) is 10.9. The first kappa shape index (κ1) is 17.5. The van der Waals surface area contributed by atoms with E-state index in [2.05, 4.69) is 9.97 Å². The molecule has 0 unspecified atom stereocenters. The molecule has 7 heteroatoms. The molecule has 28 heavy (non-hydrogen) atoms. The minimum absolute atomic E-state index is 0.0140. The minimum atomic E-state index is -0.659. The van der Waals surface area contributed by atoms with Crippen molar-refractivity contribution >= 4 is 5.78 Å². The largest absolute Gasteiger partial charge is 0.352 e. The van der Waals surface area contributed by atoms with E-state index < -0.39 is 11.2 Å². The summed E-state index contributed by atoms with van der Waals surface area (Å²) in [7, 11) is 0. The maximum atomic E-state index is 12.9. The Balaban J connectivity index is 1.74. The first-order valence-electron chi connectivity index (χ1n) is 8.70. The van der Waals surface area contributed by atoms with E-state index in [0.717, 1.165) is 10.1 Å². The molecule has 0 aliphatic carbocycles. The summed E-state index contributed by atoms with van der Waals surface area (Å²) in [6.07, 6.45) is 4.86. The molecule has 0 bridgehead atoms. The Morgan fingerprint density at radius 2 is 1.79 bits per heavy atom. The third-order valence-electron chi connectivity index (χ3n) is 4.42. The number of aromatic nitrogens is 4. The molecule has 3 heterocycles. The molecule has 1 aromatic heterocycles. The van der Waals surface area contributed by atoms with Gasteiger partial charge in [0.2, 0.25) is 0 Å². The van der Waals surface area contributed by atoms with Crippen LogP contribution in [0.1, 0.15) is 15.9 Å². The van der Waals surface area contributed by atoms with Gasteiger partial charge in [0.05, 0.1) is 18.7 Å². The summed E-state index contributed by atoms with van der Waals surface area (Å²) in [4.78, 5) is 46.0. The molecule has 2 aliphatic rings. The van der Waals surface area contributed by atoms with Crippen molar-refractivity contribution in [2.75, 3.05) is 0 Å². The molecular formula is C21H16N4O3. The van der Waals surface area contributed by atoms with Crippen LogP contribution in [0.5, 0.6) is 0 Å². The average molecular weight is 372 g/mol. The fraction of sp³-hybridized carbons (Fsp3) is 0.0952. The van der Waals surface area contributed by atoms with E-state index in [1.165, 1.54) is 4.57 Å². The average Bonchev–Trinajstić information content (AvgIpc) is 2.73. The van der Waals surface area contributed by atoms with Gasteiger partial charge in [-0.25, -0.2) is 4.79 Å². The van der Waals surface area contributed by atoms with Gasteiger partial charge in [0.1, 0.15) is 0 Å². The molecule has 2 aliphatic heterocycles. The summed E-state index contributed by atoms with van der Waals surface area (Å²) in [5.41, 5.74) is 0.464. The van der Waals surface area contributed by atoms with E-state index >= 15 is 0 Å². The number of hydrogen-bond donors (Lipinski definition) is 0. The Morgan fingerprint density at radius 3 is 2.54 bits per heavy atom. The van der Waals surface area contributed by atoms with Crippen molar-refractivity contribution < 1.29 is 4.79 Å². The standard InChI is InChI=1S/C21H16N4O3/c26-18(16-7-2-1-3-8-16)14-24-11-5-9-17-19(24)23-21(28)25(20(17)27)13-15-6-4-10-22-12-15/h1-12H,13-14H2. The van der Waals surface area contributed by atoms with Gasteiger partial charge in [-0.05, 0) is 23.8 Å². The fourth-order valence-corrected chi connectivity index (χ4v) is 3.03. The lowest BCUT2D eigenvalue weighted by atomic mass is 10.1. The second-order valence-corrected chi connectivity index (χ2v) is 6.31. The molecule has 0 atom stereocenters. The fourth-order valence-electron chi connectivity index (χ4n) is 3.03. The molecule has 0 fully saturated rings. The highest BCUT2D eigenvalue weighted by Crippen LogP contribution is 2.14. The van der Waals surface area contributed by atoms with E-state index in [-0.39, 0.29) is 30.3 Å². The van der Waals surface area contributed by atoms with Gasteiger partial charge in [0, 0.05) is 24.2 Å². The van der Waals surface area contributed by atoms with Gasteiger partial charge in [-0.3, -0.25) is 19.1 Å². The molecule has 1 aromatic carbocycles. The number of pyridine rings is 2. The number of carbonyl (C=O) groups excluding carboxylic acids is 1. The Hall–Kier alpha value is -3.87. The summed E-state index contributed by atoms with van der Waals surface area (Å²) in [6, 6.07) is 15.6. The highest BCUT2D eigenvalue weighted by molar-refractivity contribution is 5.96. The second-order valence-electron chi connectivity index (χ2n) is 6.31. The van der Waals surface area contributed by atoms with Crippen LogP contribution < -0.4 is 11.2 Å². The zero-order valence-corrected chi connectivity index (χ0v) is 14.9. The summed E-state index contributed by atoms with van der Waals surface area (Å²) < 4.78 is 2.60. The molecule has 138 valence electrons. The van der Waals surface area contributed by atoms with Crippen molar-refractivity contribution in [3.05, 3.63) is 105 Å². The van der Waals surface area contributed by atoms with E-state index in [0.29, 0.717) is 5.56 Å². The van der Waals surface area contributed by atoms with Gasteiger partial charge in [0.25, 0.3) is 5.56 Å². The highest BCUT2D eigenvalue weighted by Gasteiger charge is 2.18. The van der Waals surface area contributed by atoms with Crippen LogP contribution in [0.25, 0.3) is 11.4 Å². The van der Waals surface area contributed by atoms with Gasteiger partial charge in [-0.15, -0.1) is 0 Å². The SMILES string of the molecule is O=C(Cn1cccc2c(=O)n(Cc3cccnc3)c(=O)nc1-2)c1ccccc1. The van der Waals surface area contributed by atoms with Crippen LogP contribution in [0.15, 0.2) is 82.8 Å². The lowest BCUT2D eigenvalue weighted by Crippen LogP contribution is -2.38. The van der Waals surface area contributed by atoms with Crippen LogP contribution in [0.4, 0.5) is 0 Å². The zero-order chi connectivity index (χ0) is 19.5. The van der Waals surface area contributed by atoms with Gasteiger partial charge in [-0.2, -0.15) is 4.98 Å². The van der Waals surface area contributed by atoms with E-state index in [1.807, 2.05) is 6.07 Å². The molecule has 2 aromatic rings. The maximum absolute atomic E-state index is 12.9. The molecule has 0 N–H and O–H groups in total. The monoisotopic (exact) mass is 372 g/mol. The lowest BCUT2D eigenvalue weighted by molar-refractivity contribution is 0.0972. The van der Waals surface area contributed by atoms with Crippen molar-refractivity contribution in [2.24, 2.45) is 0 Å². The Morgan fingerprint density at radius 1 is 0.964 bits per heavy atom. The van der Waals surface area contributed by atoms with Crippen molar-refractivity contribution in [3.63, 3.8) is 0 Å². The Bertz CT molecular complexity index is 1210. The van der Waals surface area contributed by atoms with E-state index in [4.69, 9.17) is 0 Å². The topological polar surface area (TPSA) is 86.9 Å². The summed E-state index contributed by atoms with van der Waals surface area (Å²) in [6.45, 7) is 0.0755. The molecule has 0 amide bonds. The number of rotatable bonds is 5. The Labute approximate surface area is 159 Å². The summed E-state index contributed by atoms with van der Waals surface area (Å²) >= 11 is 0. The van der Waals surface area contributed by atoms with Crippen molar-refractivity contribution in [1.82, 2.24) is 19.1 Å². The van der Waals surface area contributed by atoms with Crippen LogP contribution in [0.2, 0.25) is 0 Å². The zero-order valence-electron chi connectivity index (χ0n) is 14.9.